The van der Waals surface area contributed by atoms with Gasteiger partial charge in [-0.15, -0.1) is 0 Å². The van der Waals surface area contributed by atoms with E-state index >= 15 is 0 Å². The summed E-state index contributed by atoms with van der Waals surface area (Å²) in [7, 11) is -3.67. The highest BCUT2D eigenvalue weighted by Gasteiger charge is 2.52. The molecule has 1 saturated carbocycles. The van der Waals surface area contributed by atoms with E-state index in [0.29, 0.717) is 29.7 Å². The van der Waals surface area contributed by atoms with E-state index in [1.807, 2.05) is 0 Å². The van der Waals surface area contributed by atoms with Crippen molar-refractivity contribution in [1.29, 1.82) is 0 Å². The lowest BCUT2D eigenvalue weighted by atomic mass is 9.79. The highest BCUT2D eigenvalue weighted by Crippen LogP contribution is 2.43. The number of nitrogens with zero attached hydrogens (tertiary/aromatic N) is 2. The normalized spacial score (nSPS) is 27.6. The molecule has 154 valence electrons. The maximum absolute atomic E-state index is 13.4. The second-order valence-electron chi connectivity index (χ2n) is 8.63. The van der Waals surface area contributed by atoms with Crippen molar-refractivity contribution in [2.45, 2.75) is 69.2 Å². The quantitative estimate of drug-likeness (QED) is 0.737. The van der Waals surface area contributed by atoms with Gasteiger partial charge in [0.2, 0.25) is 15.9 Å². The fourth-order valence-corrected chi connectivity index (χ4v) is 7.31. The largest absolute Gasteiger partial charge is 0.339 e. The molecule has 28 heavy (non-hydrogen) atoms. The van der Waals surface area contributed by atoms with E-state index in [1.54, 1.807) is 25.1 Å². The smallest absolute Gasteiger partial charge is 0.243 e. The van der Waals surface area contributed by atoms with Gasteiger partial charge in [0.25, 0.3) is 0 Å². The minimum absolute atomic E-state index is 0.183. The first-order chi connectivity index (χ1) is 13.3. The van der Waals surface area contributed by atoms with Crippen LogP contribution in [0.1, 0.15) is 56.9 Å². The van der Waals surface area contributed by atoms with Crippen LogP contribution in [0.25, 0.3) is 0 Å². The molecule has 0 radical (unpaired) electrons. The van der Waals surface area contributed by atoms with Crippen molar-refractivity contribution in [3.63, 3.8) is 0 Å². The van der Waals surface area contributed by atoms with Crippen molar-refractivity contribution >= 4 is 27.5 Å². The molecule has 3 fully saturated rings. The number of halogens is 1. The van der Waals surface area contributed by atoms with Crippen molar-refractivity contribution in [3.8, 4) is 0 Å². The standard InChI is InChI=1S/C21H29ClN2O3S/c1-16-18(22)9-5-10-19(16)28(26,27)23-13-6-11-21(15-23)12-14-24(20(21)25)17-7-3-2-4-8-17/h5,9-10,17H,2-4,6-8,11-15H2,1H3. The lowest BCUT2D eigenvalue weighted by molar-refractivity contribution is -0.140. The zero-order valence-electron chi connectivity index (χ0n) is 16.5. The first kappa shape index (κ1) is 20.2. The Morgan fingerprint density at radius 1 is 1.07 bits per heavy atom. The molecule has 1 aromatic rings. The Kier molecular flexibility index (Phi) is 5.49. The molecule has 1 unspecified atom stereocenters. The number of sulfonamides is 1. The van der Waals surface area contributed by atoms with Crippen molar-refractivity contribution in [1.82, 2.24) is 9.21 Å². The molecule has 0 bridgehead atoms. The van der Waals surface area contributed by atoms with Crippen LogP contribution in [-0.2, 0) is 14.8 Å². The molecule has 1 atom stereocenters. The molecule has 2 saturated heterocycles. The van der Waals surface area contributed by atoms with Crippen LogP contribution in [0.2, 0.25) is 5.02 Å². The van der Waals surface area contributed by atoms with Gasteiger partial charge in [-0.05, 0) is 56.7 Å². The SMILES string of the molecule is Cc1c(Cl)cccc1S(=O)(=O)N1CCCC2(CCN(C3CCCCC3)C2=O)C1. The summed E-state index contributed by atoms with van der Waals surface area (Å²) in [6.07, 6.45) is 8.10. The number of piperidine rings is 1. The summed E-state index contributed by atoms with van der Waals surface area (Å²) in [5.41, 5.74) is 0.0280. The average molecular weight is 425 g/mol. The average Bonchev–Trinajstić information content (AvgIpc) is 3.00. The van der Waals surface area contributed by atoms with Crippen LogP contribution in [0.4, 0.5) is 0 Å². The van der Waals surface area contributed by atoms with Crippen molar-refractivity contribution < 1.29 is 13.2 Å². The third-order valence-electron chi connectivity index (χ3n) is 6.94. The molecule has 1 spiro atoms. The lowest BCUT2D eigenvalue weighted by Gasteiger charge is -2.39. The Morgan fingerprint density at radius 2 is 1.82 bits per heavy atom. The van der Waals surface area contributed by atoms with Gasteiger partial charge in [-0.1, -0.05) is 36.9 Å². The van der Waals surface area contributed by atoms with Gasteiger partial charge in [-0.2, -0.15) is 4.31 Å². The monoisotopic (exact) mass is 424 g/mol. The summed E-state index contributed by atoms with van der Waals surface area (Å²) in [5, 5.41) is 0.452. The van der Waals surface area contributed by atoms with Gasteiger partial charge < -0.3 is 4.90 Å². The number of carbonyl (C=O) groups excluding carboxylic acids is 1. The van der Waals surface area contributed by atoms with Gasteiger partial charge >= 0.3 is 0 Å². The first-order valence-corrected chi connectivity index (χ1v) is 12.2. The van der Waals surface area contributed by atoms with Crippen LogP contribution in [0.5, 0.6) is 0 Å². The predicted molar refractivity (Wildman–Crippen MR) is 110 cm³/mol. The molecule has 0 aromatic heterocycles. The zero-order valence-corrected chi connectivity index (χ0v) is 18.1. The lowest BCUT2D eigenvalue weighted by Crippen LogP contribution is -2.51. The Balaban J connectivity index is 1.57. The van der Waals surface area contributed by atoms with Gasteiger partial charge in [0.05, 0.1) is 10.3 Å². The van der Waals surface area contributed by atoms with Crippen molar-refractivity contribution in [2.75, 3.05) is 19.6 Å². The molecule has 7 heteroatoms. The fraction of sp³-hybridized carbons (Fsp3) is 0.667. The third-order valence-corrected chi connectivity index (χ3v) is 9.34. The number of rotatable bonds is 3. The Morgan fingerprint density at radius 3 is 2.57 bits per heavy atom. The van der Waals surface area contributed by atoms with Crippen LogP contribution in [-0.4, -0.2) is 49.2 Å². The van der Waals surface area contributed by atoms with E-state index in [1.165, 1.54) is 23.6 Å². The second kappa shape index (κ2) is 7.62. The van der Waals surface area contributed by atoms with E-state index < -0.39 is 15.4 Å². The highest BCUT2D eigenvalue weighted by molar-refractivity contribution is 7.89. The van der Waals surface area contributed by atoms with Crippen LogP contribution in [0.15, 0.2) is 23.1 Å². The van der Waals surface area contributed by atoms with E-state index in [4.69, 9.17) is 11.6 Å². The first-order valence-electron chi connectivity index (χ1n) is 10.4. The minimum Gasteiger partial charge on any atom is -0.339 e. The number of carbonyl (C=O) groups is 1. The number of likely N-dealkylation sites (tertiary alicyclic amines) is 1. The molecule has 4 rings (SSSR count). The van der Waals surface area contributed by atoms with Gasteiger partial charge in [0.15, 0.2) is 0 Å². The summed E-state index contributed by atoms with van der Waals surface area (Å²) in [4.78, 5) is 15.7. The van der Waals surface area contributed by atoms with E-state index in [-0.39, 0.29) is 10.8 Å². The van der Waals surface area contributed by atoms with Crippen LogP contribution < -0.4 is 0 Å². The highest BCUT2D eigenvalue weighted by atomic mass is 35.5. The Hall–Kier alpha value is -1.11. The van der Waals surface area contributed by atoms with Crippen LogP contribution in [0.3, 0.4) is 0 Å². The molecular formula is C21H29ClN2O3S. The van der Waals surface area contributed by atoms with Crippen molar-refractivity contribution in [3.05, 3.63) is 28.8 Å². The Bertz CT molecular complexity index is 866. The fourth-order valence-electron chi connectivity index (χ4n) is 5.27. The second-order valence-corrected chi connectivity index (χ2v) is 10.9. The van der Waals surface area contributed by atoms with Crippen LogP contribution in [0, 0.1) is 12.3 Å². The summed E-state index contributed by atoms with van der Waals surface area (Å²) < 4.78 is 28.2. The molecular weight excluding hydrogens is 396 g/mol. The molecule has 1 aromatic carbocycles. The molecule has 1 amide bonds. The third kappa shape index (κ3) is 3.37. The van der Waals surface area contributed by atoms with Gasteiger partial charge in [-0.3, -0.25) is 4.79 Å². The maximum Gasteiger partial charge on any atom is 0.243 e. The predicted octanol–water partition coefficient (Wildman–Crippen LogP) is 3.98. The molecule has 2 aliphatic heterocycles. The Labute approximate surface area is 173 Å². The number of amides is 1. The van der Waals surface area contributed by atoms with Crippen molar-refractivity contribution in [2.24, 2.45) is 5.41 Å². The van der Waals surface area contributed by atoms with E-state index in [0.717, 1.165) is 38.6 Å². The zero-order chi connectivity index (χ0) is 19.9. The van der Waals surface area contributed by atoms with Gasteiger partial charge in [-0.25, -0.2) is 8.42 Å². The number of hydrogen-bond acceptors (Lipinski definition) is 3. The maximum atomic E-state index is 13.4. The van der Waals surface area contributed by atoms with Gasteiger partial charge in [0.1, 0.15) is 0 Å². The summed E-state index contributed by atoms with van der Waals surface area (Å²) in [6, 6.07) is 5.34. The molecule has 2 heterocycles. The number of benzene rings is 1. The molecule has 0 N–H and O–H groups in total. The summed E-state index contributed by atoms with van der Waals surface area (Å²) in [5.74, 6) is 0.183. The van der Waals surface area contributed by atoms with Crippen LogP contribution >= 0.6 is 11.6 Å². The van der Waals surface area contributed by atoms with E-state index in [2.05, 4.69) is 4.90 Å². The molecule has 1 aliphatic carbocycles. The number of hydrogen-bond donors (Lipinski definition) is 0. The molecule has 3 aliphatic rings. The summed E-state index contributed by atoms with van der Waals surface area (Å²) >= 11 is 6.16. The molecule has 5 nitrogen and oxygen atoms in total. The topological polar surface area (TPSA) is 57.7 Å². The van der Waals surface area contributed by atoms with E-state index in [9.17, 15) is 13.2 Å². The van der Waals surface area contributed by atoms with Gasteiger partial charge in [0, 0.05) is 30.7 Å². The minimum atomic E-state index is -3.67. The summed E-state index contributed by atoms with van der Waals surface area (Å²) in [6.45, 7) is 3.27.